The molecule has 0 saturated carbocycles. The second kappa shape index (κ2) is 5.84. The van der Waals surface area contributed by atoms with E-state index in [1.54, 1.807) is 0 Å². The lowest BCUT2D eigenvalue weighted by atomic mass is 10.1. The largest absolute Gasteiger partial charge is 0.303 e. The summed E-state index contributed by atoms with van der Waals surface area (Å²) >= 11 is 0. The predicted molar refractivity (Wildman–Crippen MR) is 53.5 cm³/mol. The van der Waals surface area contributed by atoms with Gasteiger partial charge in [0.1, 0.15) is 0 Å². The van der Waals surface area contributed by atoms with Gasteiger partial charge in [-0.1, -0.05) is 18.5 Å². The van der Waals surface area contributed by atoms with E-state index in [9.17, 15) is 0 Å². The van der Waals surface area contributed by atoms with Crippen molar-refractivity contribution in [3.05, 3.63) is 10.4 Å². The maximum absolute atomic E-state index is 8.08. The van der Waals surface area contributed by atoms with Gasteiger partial charge in [0.05, 0.1) is 0 Å². The van der Waals surface area contributed by atoms with Gasteiger partial charge < -0.3 is 4.90 Å². The molecular formula is C9H18N4. The van der Waals surface area contributed by atoms with E-state index in [2.05, 4.69) is 21.8 Å². The molecule has 1 unspecified atom stereocenters. The molecule has 0 radical (unpaired) electrons. The fourth-order valence-corrected chi connectivity index (χ4v) is 1.86. The van der Waals surface area contributed by atoms with Crippen molar-refractivity contribution in [2.24, 2.45) is 11.0 Å². The lowest BCUT2D eigenvalue weighted by Gasteiger charge is -2.14. The van der Waals surface area contributed by atoms with Crippen molar-refractivity contribution in [3.8, 4) is 0 Å². The standard InChI is InChI=1S/C9H18N4/c1-2-9-4-7-13(8-9)6-3-5-11-12-10/h9H,2-8H2,1H3. The minimum atomic E-state index is 0.643. The summed E-state index contributed by atoms with van der Waals surface area (Å²) in [4.78, 5) is 5.21. The van der Waals surface area contributed by atoms with E-state index in [-0.39, 0.29) is 0 Å². The van der Waals surface area contributed by atoms with E-state index in [1.165, 1.54) is 25.9 Å². The van der Waals surface area contributed by atoms with Gasteiger partial charge in [-0.05, 0) is 37.4 Å². The van der Waals surface area contributed by atoms with Crippen LogP contribution in [0.25, 0.3) is 10.4 Å². The minimum Gasteiger partial charge on any atom is -0.303 e. The van der Waals surface area contributed by atoms with Crippen molar-refractivity contribution < 1.29 is 0 Å². The summed E-state index contributed by atoms with van der Waals surface area (Å²) in [6, 6.07) is 0. The fourth-order valence-electron chi connectivity index (χ4n) is 1.86. The number of nitrogens with zero attached hydrogens (tertiary/aromatic N) is 4. The molecule has 0 bridgehead atoms. The van der Waals surface area contributed by atoms with Crippen LogP contribution in [0.15, 0.2) is 5.11 Å². The molecular weight excluding hydrogens is 164 g/mol. The highest BCUT2D eigenvalue weighted by atomic mass is 15.2. The molecule has 4 heteroatoms. The molecule has 0 amide bonds. The summed E-state index contributed by atoms with van der Waals surface area (Å²) in [6.07, 6.45) is 3.64. The zero-order chi connectivity index (χ0) is 9.52. The lowest BCUT2D eigenvalue weighted by molar-refractivity contribution is 0.320. The van der Waals surface area contributed by atoms with Crippen LogP contribution in [0.2, 0.25) is 0 Å². The van der Waals surface area contributed by atoms with Crippen LogP contribution in [0.4, 0.5) is 0 Å². The molecule has 0 aromatic heterocycles. The third-order valence-electron chi connectivity index (χ3n) is 2.74. The predicted octanol–water partition coefficient (Wildman–Crippen LogP) is 2.42. The molecule has 1 fully saturated rings. The van der Waals surface area contributed by atoms with Crippen LogP contribution in [0.3, 0.4) is 0 Å². The first-order valence-electron chi connectivity index (χ1n) is 5.10. The highest BCUT2D eigenvalue weighted by molar-refractivity contribution is 4.74. The van der Waals surface area contributed by atoms with Crippen LogP contribution in [0.5, 0.6) is 0 Å². The van der Waals surface area contributed by atoms with E-state index in [0.29, 0.717) is 6.54 Å². The average Bonchev–Trinajstić information content (AvgIpc) is 2.60. The second-order valence-corrected chi connectivity index (χ2v) is 3.67. The van der Waals surface area contributed by atoms with E-state index in [0.717, 1.165) is 18.9 Å². The van der Waals surface area contributed by atoms with Crippen molar-refractivity contribution in [2.75, 3.05) is 26.2 Å². The summed E-state index contributed by atoms with van der Waals surface area (Å²) < 4.78 is 0. The second-order valence-electron chi connectivity index (χ2n) is 3.67. The summed E-state index contributed by atoms with van der Waals surface area (Å²) in [5.41, 5.74) is 8.08. The van der Waals surface area contributed by atoms with Crippen LogP contribution in [-0.2, 0) is 0 Å². The van der Waals surface area contributed by atoms with E-state index < -0.39 is 0 Å². The SMILES string of the molecule is CCC1CCN(CCCN=[N+]=[N-])C1. The third kappa shape index (κ3) is 3.66. The molecule has 74 valence electrons. The number of rotatable bonds is 5. The Balaban J connectivity index is 2.06. The van der Waals surface area contributed by atoms with Gasteiger partial charge >= 0.3 is 0 Å². The van der Waals surface area contributed by atoms with Crippen LogP contribution in [-0.4, -0.2) is 31.1 Å². The number of likely N-dealkylation sites (tertiary alicyclic amines) is 1. The van der Waals surface area contributed by atoms with Crippen molar-refractivity contribution in [2.45, 2.75) is 26.2 Å². The normalized spacial score (nSPS) is 23.0. The Hall–Kier alpha value is -0.730. The van der Waals surface area contributed by atoms with Crippen LogP contribution < -0.4 is 0 Å². The highest BCUT2D eigenvalue weighted by Crippen LogP contribution is 2.18. The molecule has 0 spiro atoms. The molecule has 1 saturated heterocycles. The van der Waals surface area contributed by atoms with Crippen LogP contribution in [0.1, 0.15) is 26.2 Å². The zero-order valence-electron chi connectivity index (χ0n) is 8.32. The average molecular weight is 182 g/mol. The van der Waals surface area contributed by atoms with Gasteiger partial charge in [0.15, 0.2) is 0 Å². The Labute approximate surface area is 79.5 Å². The fraction of sp³-hybridized carbons (Fsp3) is 1.00. The summed E-state index contributed by atoms with van der Waals surface area (Å²) in [7, 11) is 0. The topological polar surface area (TPSA) is 52.0 Å². The molecule has 13 heavy (non-hydrogen) atoms. The van der Waals surface area contributed by atoms with Gasteiger partial charge in [0.25, 0.3) is 0 Å². The van der Waals surface area contributed by atoms with E-state index >= 15 is 0 Å². The van der Waals surface area contributed by atoms with Gasteiger partial charge in [-0.3, -0.25) is 0 Å². The molecule has 0 aromatic rings. The third-order valence-corrected chi connectivity index (χ3v) is 2.74. The molecule has 0 aliphatic carbocycles. The number of azide groups is 1. The van der Waals surface area contributed by atoms with Crippen molar-refractivity contribution in [3.63, 3.8) is 0 Å². The maximum Gasteiger partial charge on any atom is 0.0270 e. The van der Waals surface area contributed by atoms with Crippen LogP contribution >= 0.6 is 0 Å². The molecule has 1 aliphatic rings. The molecule has 1 aliphatic heterocycles. The number of hydrogen-bond acceptors (Lipinski definition) is 2. The Morgan fingerprint density at radius 2 is 2.46 bits per heavy atom. The van der Waals surface area contributed by atoms with Gasteiger partial charge in [-0.25, -0.2) is 0 Å². The first kappa shape index (κ1) is 10.4. The summed E-state index contributed by atoms with van der Waals surface area (Å²) in [6.45, 7) is 6.47. The molecule has 0 aromatic carbocycles. The molecule has 1 atom stereocenters. The smallest absolute Gasteiger partial charge is 0.0270 e. The van der Waals surface area contributed by atoms with Gasteiger partial charge in [0.2, 0.25) is 0 Å². The lowest BCUT2D eigenvalue weighted by Crippen LogP contribution is -2.22. The minimum absolute atomic E-state index is 0.643. The van der Waals surface area contributed by atoms with Crippen molar-refractivity contribution >= 4 is 0 Å². The number of hydrogen-bond donors (Lipinski definition) is 0. The maximum atomic E-state index is 8.08. The van der Waals surface area contributed by atoms with E-state index in [4.69, 9.17) is 5.53 Å². The molecule has 0 N–H and O–H groups in total. The van der Waals surface area contributed by atoms with Crippen molar-refractivity contribution in [1.29, 1.82) is 0 Å². The van der Waals surface area contributed by atoms with Gasteiger partial charge in [0, 0.05) is 18.0 Å². The Morgan fingerprint density at radius 1 is 1.62 bits per heavy atom. The Kier molecular flexibility index (Phi) is 4.65. The molecule has 4 nitrogen and oxygen atoms in total. The first-order valence-corrected chi connectivity index (χ1v) is 5.10. The zero-order valence-corrected chi connectivity index (χ0v) is 8.32. The van der Waals surface area contributed by atoms with Gasteiger partial charge in [-0.15, -0.1) is 0 Å². The summed E-state index contributed by atoms with van der Waals surface area (Å²) in [5.74, 6) is 0.902. The monoisotopic (exact) mass is 182 g/mol. The quantitative estimate of drug-likeness (QED) is 0.279. The Bertz CT molecular complexity index is 186. The van der Waals surface area contributed by atoms with Crippen molar-refractivity contribution in [1.82, 2.24) is 4.90 Å². The van der Waals surface area contributed by atoms with Gasteiger partial charge in [-0.2, -0.15) is 0 Å². The first-order chi connectivity index (χ1) is 6.36. The highest BCUT2D eigenvalue weighted by Gasteiger charge is 2.19. The Morgan fingerprint density at radius 3 is 3.08 bits per heavy atom. The molecule has 1 heterocycles. The van der Waals surface area contributed by atoms with Crippen LogP contribution in [0, 0.1) is 5.92 Å². The summed E-state index contributed by atoms with van der Waals surface area (Å²) in [5, 5.41) is 3.53. The van der Waals surface area contributed by atoms with E-state index in [1.807, 2.05) is 0 Å². The molecule has 1 rings (SSSR count).